The van der Waals surface area contributed by atoms with Crippen molar-refractivity contribution in [3.63, 3.8) is 0 Å². The molecule has 0 aromatic carbocycles. The van der Waals surface area contributed by atoms with E-state index in [0.29, 0.717) is 30.8 Å². The summed E-state index contributed by atoms with van der Waals surface area (Å²) in [7, 11) is 0. The Bertz CT molecular complexity index is 331. The van der Waals surface area contributed by atoms with Gasteiger partial charge in [-0.05, 0) is 36.5 Å². The van der Waals surface area contributed by atoms with E-state index in [4.69, 9.17) is 9.84 Å². The maximum Gasteiger partial charge on any atom is 0.306 e. The maximum absolute atomic E-state index is 11.0. The lowest BCUT2D eigenvalue weighted by molar-refractivity contribution is -0.145. The van der Waals surface area contributed by atoms with E-state index < -0.39 is 5.97 Å². The van der Waals surface area contributed by atoms with Crippen LogP contribution in [0, 0.1) is 29.6 Å². The van der Waals surface area contributed by atoms with E-state index >= 15 is 0 Å². The zero-order valence-electron chi connectivity index (χ0n) is 17.1. The van der Waals surface area contributed by atoms with Crippen LogP contribution in [-0.2, 0) is 14.3 Å². The number of aliphatic carboxylic acids is 1. The van der Waals surface area contributed by atoms with Gasteiger partial charge in [-0.25, -0.2) is 0 Å². The highest BCUT2D eigenvalue weighted by molar-refractivity contribution is 5.70. The van der Waals surface area contributed by atoms with Crippen LogP contribution >= 0.6 is 0 Å². The largest absolute Gasteiger partial charge is 0.481 e. The molecular formula is C20H40O4. The predicted molar refractivity (Wildman–Crippen MR) is 99.9 cm³/mol. The topological polar surface area (TPSA) is 63.6 Å². The average molecular weight is 345 g/mol. The monoisotopic (exact) mass is 344 g/mol. The fourth-order valence-corrected chi connectivity index (χ4v) is 2.06. The van der Waals surface area contributed by atoms with Crippen molar-refractivity contribution in [3.8, 4) is 0 Å². The molecule has 0 aromatic heterocycles. The van der Waals surface area contributed by atoms with E-state index in [1.54, 1.807) is 0 Å². The minimum atomic E-state index is -0.648. The molecular weight excluding hydrogens is 304 g/mol. The molecule has 1 N–H and O–H groups in total. The Morgan fingerprint density at radius 3 is 1.62 bits per heavy atom. The molecule has 4 nitrogen and oxygen atoms in total. The van der Waals surface area contributed by atoms with Gasteiger partial charge in [0.15, 0.2) is 0 Å². The Hall–Kier alpha value is -1.06. The van der Waals surface area contributed by atoms with E-state index in [1.807, 2.05) is 27.7 Å². The molecule has 4 heteroatoms. The molecule has 0 fully saturated rings. The first kappa shape index (κ1) is 25.2. The standard InChI is InChI=1S/2C10H20O2/c1-8(2)5-6-12-10(11)7-9(3)4;1-7(2)5-6-9(8(3)4)10(11)12/h8-9H,5-7H2,1-4H3;7-9H,5-6H2,1-4H3,(H,11,12). The van der Waals surface area contributed by atoms with Gasteiger partial charge in [0.25, 0.3) is 0 Å². The van der Waals surface area contributed by atoms with E-state index in [0.717, 1.165) is 19.3 Å². The van der Waals surface area contributed by atoms with Crippen molar-refractivity contribution in [2.24, 2.45) is 29.6 Å². The quantitative estimate of drug-likeness (QED) is 0.539. The number of hydrogen-bond donors (Lipinski definition) is 1. The van der Waals surface area contributed by atoms with Crippen molar-refractivity contribution < 1.29 is 19.4 Å². The lowest BCUT2D eigenvalue weighted by Crippen LogP contribution is -2.20. The van der Waals surface area contributed by atoms with Gasteiger partial charge >= 0.3 is 11.9 Å². The van der Waals surface area contributed by atoms with Crippen molar-refractivity contribution in [1.29, 1.82) is 0 Å². The molecule has 0 rings (SSSR count). The van der Waals surface area contributed by atoms with Gasteiger partial charge in [0.1, 0.15) is 0 Å². The Labute approximate surface area is 149 Å². The minimum Gasteiger partial charge on any atom is -0.481 e. The smallest absolute Gasteiger partial charge is 0.306 e. The van der Waals surface area contributed by atoms with Crippen LogP contribution in [0.5, 0.6) is 0 Å². The third-order valence-electron chi connectivity index (χ3n) is 3.71. The van der Waals surface area contributed by atoms with Crippen LogP contribution < -0.4 is 0 Å². The van der Waals surface area contributed by atoms with E-state index in [2.05, 4.69) is 27.7 Å². The third-order valence-corrected chi connectivity index (χ3v) is 3.71. The summed E-state index contributed by atoms with van der Waals surface area (Å²) < 4.78 is 5.02. The lowest BCUT2D eigenvalue weighted by atomic mass is 9.89. The second-order valence-corrected chi connectivity index (χ2v) is 8.16. The number of ether oxygens (including phenoxy) is 1. The highest BCUT2D eigenvalue weighted by atomic mass is 16.5. The molecule has 0 heterocycles. The first-order valence-electron chi connectivity index (χ1n) is 9.35. The molecule has 0 aliphatic heterocycles. The first-order valence-corrected chi connectivity index (χ1v) is 9.35. The summed E-state index contributed by atoms with van der Waals surface area (Å²) in [6.07, 6.45) is 3.32. The van der Waals surface area contributed by atoms with Gasteiger partial charge in [0.05, 0.1) is 12.5 Å². The zero-order chi connectivity index (χ0) is 19.3. The number of carbonyl (C=O) groups excluding carboxylic acids is 1. The molecule has 0 amide bonds. The number of esters is 1. The van der Waals surface area contributed by atoms with Crippen LogP contribution in [0.4, 0.5) is 0 Å². The molecule has 0 saturated heterocycles. The molecule has 0 aliphatic rings. The summed E-state index contributed by atoms with van der Waals surface area (Å²) in [4.78, 5) is 21.8. The molecule has 24 heavy (non-hydrogen) atoms. The summed E-state index contributed by atoms with van der Waals surface area (Å²) in [5, 5.41) is 8.86. The maximum atomic E-state index is 11.0. The Morgan fingerprint density at radius 1 is 0.792 bits per heavy atom. The molecule has 1 unspecified atom stereocenters. The predicted octanol–water partition coefficient (Wildman–Crippen LogP) is 5.40. The summed E-state index contributed by atoms with van der Waals surface area (Å²) in [5.74, 6) is 0.990. The highest BCUT2D eigenvalue weighted by Gasteiger charge is 2.20. The molecule has 0 aliphatic carbocycles. The molecule has 0 aromatic rings. The number of carbonyl (C=O) groups is 2. The molecule has 0 spiro atoms. The van der Waals surface area contributed by atoms with Crippen LogP contribution in [0.1, 0.15) is 81.1 Å². The van der Waals surface area contributed by atoms with Gasteiger partial charge in [-0.2, -0.15) is 0 Å². The fraction of sp³-hybridized carbons (Fsp3) is 0.900. The molecule has 144 valence electrons. The van der Waals surface area contributed by atoms with Crippen molar-refractivity contribution in [2.45, 2.75) is 81.1 Å². The van der Waals surface area contributed by atoms with Gasteiger partial charge in [-0.3, -0.25) is 9.59 Å². The van der Waals surface area contributed by atoms with Gasteiger partial charge < -0.3 is 9.84 Å². The van der Waals surface area contributed by atoms with Crippen LogP contribution in [0.25, 0.3) is 0 Å². The van der Waals surface area contributed by atoms with Crippen LogP contribution in [0.15, 0.2) is 0 Å². The summed E-state index contributed by atoms with van der Waals surface area (Å²) >= 11 is 0. The van der Waals surface area contributed by atoms with Gasteiger partial charge in [-0.1, -0.05) is 61.8 Å². The van der Waals surface area contributed by atoms with Crippen molar-refractivity contribution in [2.75, 3.05) is 6.61 Å². The average Bonchev–Trinajstić information content (AvgIpc) is 2.36. The van der Waals surface area contributed by atoms with Crippen LogP contribution in [0.2, 0.25) is 0 Å². The Morgan fingerprint density at radius 2 is 1.29 bits per heavy atom. The summed E-state index contributed by atoms with van der Waals surface area (Å²) in [6, 6.07) is 0. The number of carboxylic acid groups (broad SMARTS) is 1. The normalized spacial score (nSPS) is 12.3. The van der Waals surface area contributed by atoms with Crippen LogP contribution in [-0.4, -0.2) is 23.7 Å². The van der Waals surface area contributed by atoms with Gasteiger partial charge in [0.2, 0.25) is 0 Å². The SMILES string of the molecule is CC(C)CCC(C(=O)O)C(C)C.CC(C)CCOC(=O)CC(C)C. The summed E-state index contributed by atoms with van der Waals surface area (Å²) in [6.45, 7) is 17.0. The van der Waals surface area contributed by atoms with Crippen molar-refractivity contribution in [3.05, 3.63) is 0 Å². The van der Waals surface area contributed by atoms with E-state index in [9.17, 15) is 9.59 Å². The van der Waals surface area contributed by atoms with Crippen molar-refractivity contribution in [1.82, 2.24) is 0 Å². The molecule has 0 saturated carbocycles. The van der Waals surface area contributed by atoms with Gasteiger partial charge in [0, 0.05) is 6.42 Å². The van der Waals surface area contributed by atoms with Crippen molar-refractivity contribution >= 4 is 11.9 Å². The number of hydrogen-bond acceptors (Lipinski definition) is 3. The second-order valence-electron chi connectivity index (χ2n) is 8.16. The van der Waals surface area contributed by atoms with E-state index in [1.165, 1.54) is 0 Å². The fourth-order valence-electron chi connectivity index (χ4n) is 2.06. The summed E-state index contributed by atoms with van der Waals surface area (Å²) in [5.41, 5.74) is 0. The number of carboxylic acids is 1. The Balaban J connectivity index is 0. The third kappa shape index (κ3) is 17.3. The second kappa shape index (κ2) is 14.3. The molecule has 1 atom stereocenters. The highest BCUT2D eigenvalue weighted by Crippen LogP contribution is 2.19. The number of rotatable bonds is 10. The molecule has 0 radical (unpaired) electrons. The van der Waals surface area contributed by atoms with Crippen LogP contribution in [0.3, 0.4) is 0 Å². The Kier molecular flexibility index (Phi) is 15.0. The zero-order valence-corrected chi connectivity index (χ0v) is 17.1. The minimum absolute atomic E-state index is 0.0642. The molecule has 0 bridgehead atoms. The lowest BCUT2D eigenvalue weighted by Gasteiger charge is -2.16. The van der Waals surface area contributed by atoms with Gasteiger partial charge in [-0.15, -0.1) is 0 Å². The first-order chi connectivity index (χ1) is 11.0. The van der Waals surface area contributed by atoms with E-state index in [-0.39, 0.29) is 17.8 Å².